The number of carbonyl (C=O) groups is 1. The van der Waals surface area contributed by atoms with Gasteiger partial charge in [-0.2, -0.15) is 0 Å². The molecule has 0 saturated carbocycles. The number of benzene rings is 2. The van der Waals surface area contributed by atoms with Crippen LogP contribution in [0.3, 0.4) is 0 Å². The second-order valence-electron chi connectivity index (χ2n) is 6.56. The van der Waals surface area contributed by atoms with Crippen LogP contribution >= 0.6 is 0 Å². The molecule has 7 heteroatoms. The average Bonchev–Trinajstić information content (AvgIpc) is 2.73. The topological polar surface area (TPSA) is 75.7 Å². The molecule has 0 aliphatic carbocycles. The van der Waals surface area contributed by atoms with Crippen molar-refractivity contribution in [3.63, 3.8) is 0 Å². The first-order valence-electron chi connectivity index (χ1n) is 8.36. The van der Waals surface area contributed by atoms with Gasteiger partial charge in [0, 0.05) is 18.7 Å². The molecule has 138 valence electrons. The number of fused-ring (bicyclic) bond motifs is 1. The van der Waals surface area contributed by atoms with Crippen LogP contribution in [-0.2, 0) is 14.8 Å². The summed E-state index contributed by atoms with van der Waals surface area (Å²) in [7, 11) is -3.47. The number of nitrogens with one attached hydrogen (secondary N) is 1. The largest absolute Gasteiger partial charge is 0.478 e. The van der Waals surface area contributed by atoms with Gasteiger partial charge in [-0.15, -0.1) is 0 Å². The third-order valence-electron chi connectivity index (χ3n) is 4.23. The van der Waals surface area contributed by atoms with E-state index >= 15 is 0 Å². The van der Waals surface area contributed by atoms with E-state index in [1.165, 1.54) is 4.31 Å². The van der Waals surface area contributed by atoms with Crippen molar-refractivity contribution >= 4 is 27.3 Å². The Hall–Kier alpha value is -2.54. The lowest BCUT2D eigenvalue weighted by atomic mass is 10.2. The monoisotopic (exact) mass is 374 g/mol. The minimum Gasteiger partial charge on any atom is -0.478 e. The summed E-state index contributed by atoms with van der Waals surface area (Å²) < 4.78 is 31.6. The first kappa shape index (κ1) is 18.3. The highest BCUT2D eigenvalue weighted by Gasteiger charge is 2.31. The van der Waals surface area contributed by atoms with Crippen LogP contribution in [0, 0.1) is 13.8 Å². The number of ether oxygens (including phenoxy) is 1. The van der Waals surface area contributed by atoms with Crippen molar-refractivity contribution in [2.75, 3.05) is 22.4 Å². The Morgan fingerprint density at radius 3 is 2.58 bits per heavy atom. The van der Waals surface area contributed by atoms with E-state index in [9.17, 15) is 13.2 Å². The van der Waals surface area contributed by atoms with Crippen LogP contribution in [0.1, 0.15) is 17.5 Å². The normalized spacial score (nSPS) is 17.0. The standard InChI is InChI=1S/C19H22N2O4S/c1-13-5-4-6-15(11-13)20-19(22)18-9-10-21(26(3,23)24)16-12-14(2)7-8-17(16)25-18/h4-8,11-12,18H,9-10H2,1-3H3,(H,20,22). The van der Waals surface area contributed by atoms with Crippen LogP contribution in [0.5, 0.6) is 5.75 Å². The Bertz CT molecular complexity index is 940. The molecule has 1 aliphatic heterocycles. The SMILES string of the molecule is Cc1cccc(NC(=O)C2CCN(S(C)(=O)=O)c3cc(C)ccc3O2)c1. The predicted molar refractivity (Wildman–Crippen MR) is 102 cm³/mol. The zero-order chi connectivity index (χ0) is 18.9. The van der Waals surface area contributed by atoms with E-state index in [1.54, 1.807) is 12.1 Å². The second-order valence-corrected chi connectivity index (χ2v) is 8.47. The number of hydrogen-bond donors (Lipinski definition) is 1. The van der Waals surface area contributed by atoms with E-state index in [1.807, 2.05) is 44.2 Å². The molecule has 1 N–H and O–H groups in total. The van der Waals surface area contributed by atoms with E-state index in [0.717, 1.165) is 17.4 Å². The lowest BCUT2D eigenvalue weighted by molar-refractivity contribution is -0.122. The summed E-state index contributed by atoms with van der Waals surface area (Å²) in [5.74, 6) is 0.0976. The van der Waals surface area contributed by atoms with Crippen LogP contribution in [0.4, 0.5) is 11.4 Å². The molecule has 0 aromatic heterocycles. The molecule has 2 aromatic carbocycles. The van der Waals surface area contributed by atoms with E-state index in [-0.39, 0.29) is 18.9 Å². The first-order chi connectivity index (χ1) is 12.2. The molecule has 0 radical (unpaired) electrons. The van der Waals surface area contributed by atoms with Gasteiger partial charge >= 0.3 is 0 Å². The Morgan fingerprint density at radius 1 is 1.15 bits per heavy atom. The van der Waals surface area contributed by atoms with Crippen molar-refractivity contribution < 1.29 is 17.9 Å². The molecule has 3 rings (SSSR count). The molecule has 1 aliphatic rings. The highest BCUT2D eigenvalue weighted by molar-refractivity contribution is 7.92. The molecule has 26 heavy (non-hydrogen) atoms. The van der Waals surface area contributed by atoms with Gasteiger partial charge < -0.3 is 10.1 Å². The number of anilines is 2. The molecule has 1 unspecified atom stereocenters. The highest BCUT2D eigenvalue weighted by Crippen LogP contribution is 2.35. The molecule has 0 bridgehead atoms. The summed E-state index contributed by atoms with van der Waals surface area (Å²) in [5, 5.41) is 2.84. The molecular formula is C19H22N2O4S. The fraction of sp³-hybridized carbons (Fsp3) is 0.316. The fourth-order valence-corrected chi connectivity index (χ4v) is 3.90. The average molecular weight is 374 g/mol. The van der Waals surface area contributed by atoms with Crippen LogP contribution in [0.15, 0.2) is 42.5 Å². The molecule has 2 aromatic rings. The molecule has 0 fully saturated rings. The van der Waals surface area contributed by atoms with Crippen LogP contribution in [0.2, 0.25) is 0 Å². The molecular weight excluding hydrogens is 352 g/mol. The smallest absolute Gasteiger partial charge is 0.265 e. The molecule has 0 saturated heterocycles. The summed E-state index contributed by atoms with van der Waals surface area (Å²) in [6, 6.07) is 12.8. The molecule has 1 heterocycles. The van der Waals surface area contributed by atoms with Crippen molar-refractivity contribution in [1.82, 2.24) is 0 Å². The van der Waals surface area contributed by atoms with E-state index in [2.05, 4.69) is 5.32 Å². The van der Waals surface area contributed by atoms with Crippen LogP contribution in [0.25, 0.3) is 0 Å². The summed E-state index contributed by atoms with van der Waals surface area (Å²) in [6.45, 7) is 4.01. The van der Waals surface area contributed by atoms with E-state index in [4.69, 9.17) is 4.74 Å². The van der Waals surface area contributed by atoms with Crippen molar-refractivity contribution in [1.29, 1.82) is 0 Å². The number of carbonyl (C=O) groups excluding carboxylic acids is 1. The maximum absolute atomic E-state index is 12.7. The van der Waals surface area contributed by atoms with Gasteiger partial charge in [0.25, 0.3) is 5.91 Å². The van der Waals surface area contributed by atoms with Gasteiger partial charge in [0.15, 0.2) is 6.10 Å². The van der Waals surface area contributed by atoms with Crippen molar-refractivity contribution in [3.8, 4) is 5.75 Å². The van der Waals surface area contributed by atoms with Gasteiger partial charge in [0.1, 0.15) is 5.75 Å². The van der Waals surface area contributed by atoms with Gasteiger partial charge in [0.2, 0.25) is 10.0 Å². The Labute approximate surface area is 153 Å². The highest BCUT2D eigenvalue weighted by atomic mass is 32.2. The van der Waals surface area contributed by atoms with Gasteiger partial charge in [0.05, 0.1) is 11.9 Å². The number of amides is 1. The Morgan fingerprint density at radius 2 is 1.88 bits per heavy atom. The maximum Gasteiger partial charge on any atom is 0.265 e. The lowest BCUT2D eigenvalue weighted by Gasteiger charge is -2.21. The zero-order valence-corrected chi connectivity index (χ0v) is 15.8. The molecule has 1 atom stereocenters. The van der Waals surface area contributed by atoms with E-state index in [0.29, 0.717) is 17.1 Å². The predicted octanol–water partition coefficient (Wildman–Crippen LogP) is 2.86. The number of nitrogens with zero attached hydrogens (tertiary/aromatic N) is 1. The number of aryl methyl sites for hydroxylation is 2. The third-order valence-corrected chi connectivity index (χ3v) is 5.41. The molecule has 6 nitrogen and oxygen atoms in total. The zero-order valence-electron chi connectivity index (χ0n) is 15.0. The van der Waals surface area contributed by atoms with Crippen molar-refractivity contribution in [2.45, 2.75) is 26.4 Å². The number of sulfonamides is 1. The number of hydrogen-bond acceptors (Lipinski definition) is 4. The van der Waals surface area contributed by atoms with Crippen LogP contribution in [-0.4, -0.2) is 33.2 Å². The minimum absolute atomic E-state index is 0.182. The third kappa shape index (κ3) is 3.99. The summed E-state index contributed by atoms with van der Waals surface area (Å²) in [4.78, 5) is 12.7. The van der Waals surface area contributed by atoms with Crippen LogP contribution < -0.4 is 14.4 Å². The second kappa shape index (κ2) is 6.99. The van der Waals surface area contributed by atoms with E-state index < -0.39 is 16.1 Å². The quantitative estimate of drug-likeness (QED) is 0.896. The summed E-state index contributed by atoms with van der Waals surface area (Å²) in [6.07, 6.45) is 0.647. The fourth-order valence-electron chi connectivity index (χ4n) is 2.96. The number of rotatable bonds is 3. The summed E-state index contributed by atoms with van der Waals surface area (Å²) >= 11 is 0. The van der Waals surface area contributed by atoms with Gasteiger partial charge in [-0.25, -0.2) is 8.42 Å². The van der Waals surface area contributed by atoms with Crippen molar-refractivity contribution in [2.24, 2.45) is 0 Å². The molecule has 0 spiro atoms. The van der Waals surface area contributed by atoms with Gasteiger partial charge in [-0.3, -0.25) is 9.10 Å². The summed E-state index contributed by atoms with van der Waals surface area (Å²) in [5.41, 5.74) is 3.11. The maximum atomic E-state index is 12.7. The Balaban J connectivity index is 1.88. The Kier molecular flexibility index (Phi) is 4.91. The van der Waals surface area contributed by atoms with Gasteiger partial charge in [-0.05, 0) is 49.2 Å². The minimum atomic E-state index is -3.47. The lowest BCUT2D eigenvalue weighted by Crippen LogP contribution is -2.36. The molecule has 1 amide bonds. The van der Waals surface area contributed by atoms with Gasteiger partial charge in [-0.1, -0.05) is 18.2 Å². The first-order valence-corrected chi connectivity index (χ1v) is 10.2. The van der Waals surface area contributed by atoms with Crippen molar-refractivity contribution in [3.05, 3.63) is 53.6 Å².